The Morgan fingerprint density at radius 1 is 1.06 bits per heavy atom. The van der Waals surface area contributed by atoms with E-state index < -0.39 is 17.2 Å². The summed E-state index contributed by atoms with van der Waals surface area (Å²) in [6.07, 6.45) is 3.60. The molecule has 0 fully saturated rings. The first-order valence-electron chi connectivity index (χ1n) is 10.8. The number of hydrogen-bond acceptors (Lipinski definition) is 4. The van der Waals surface area contributed by atoms with Crippen molar-refractivity contribution in [3.8, 4) is 0 Å². The number of benzene rings is 1. The quantitative estimate of drug-likeness (QED) is 0.714. The minimum absolute atomic E-state index is 0.0163. The maximum atomic E-state index is 13.0. The van der Waals surface area contributed by atoms with Crippen LogP contribution in [0.1, 0.15) is 71.7 Å². The average molecular weight is 426 g/mol. The van der Waals surface area contributed by atoms with Gasteiger partial charge in [-0.3, -0.25) is 14.4 Å². The van der Waals surface area contributed by atoms with Crippen molar-refractivity contribution in [2.75, 3.05) is 19.7 Å². The molecule has 0 spiro atoms. The van der Waals surface area contributed by atoms with Crippen LogP contribution in [-0.4, -0.2) is 36.1 Å². The zero-order valence-corrected chi connectivity index (χ0v) is 18.6. The monoisotopic (exact) mass is 425 g/mol. The predicted octanol–water partition coefficient (Wildman–Crippen LogP) is 2.86. The molecule has 2 N–H and O–H groups in total. The summed E-state index contributed by atoms with van der Waals surface area (Å²) >= 11 is 0. The lowest BCUT2D eigenvalue weighted by Gasteiger charge is -2.26. The fraction of sp³-hybridized carbons (Fsp3) is 0.458. The second kappa shape index (κ2) is 9.92. The second-order valence-corrected chi connectivity index (χ2v) is 8.58. The van der Waals surface area contributed by atoms with E-state index in [2.05, 4.69) is 16.7 Å². The Labute approximate surface area is 182 Å². The molecule has 2 aromatic rings. The van der Waals surface area contributed by atoms with E-state index in [0.29, 0.717) is 13.2 Å². The standard InChI is InChI=1S/C24H31N3O4/c1-15(2)11-25-23(29)19-13-27(16(3)4)14-20(22(19)28)24(30)26-12-21-18-8-6-5-7-17(18)9-10-31-21/h5-8,13-16,21H,9-12H2,1-4H3,(H,25,29)(H,26,30)/t21-/m0/s1. The molecule has 0 radical (unpaired) electrons. The highest BCUT2D eigenvalue weighted by molar-refractivity contribution is 5.99. The molecule has 7 heteroatoms. The van der Waals surface area contributed by atoms with Crippen molar-refractivity contribution in [1.82, 2.24) is 15.2 Å². The molecule has 1 aromatic heterocycles. The summed E-state index contributed by atoms with van der Waals surface area (Å²) in [6.45, 7) is 9.09. The van der Waals surface area contributed by atoms with Gasteiger partial charge in [-0.25, -0.2) is 0 Å². The van der Waals surface area contributed by atoms with Gasteiger partial charge in [0.05, 0.1) is 6.61 Å². The summed E-state index contributed by atoms with van der Waals surface area (Å²) in [5.74, 6) is -0.724. The fourth-order valence-corrected chi connectivity index (χ4v) is 3.54. The summed E-state index contributed by atoms with van der Waals surface area (Å²) < 4.78 is 7.55. The SMILES string of the molecule is CC(C)CNC(=O)c1cn(C(C)C)cc(C(=O)NC[C@@H]2OCCc3ccccc32)c1=O. The lowest BCUT2D eigenvalue weighted by molar-refractivity contribution is 0.0411. The number of fused-ring (bicyclic) bond motifs is 1. The zero-order chi connectivity index (χ0) is 22.5. The predicted molar refractivity (Wildman–Crippen MR) is 119 cm³/mol. The molecule has 0 bridgehead atoms. The number of carbonyl (C=O) groups excluding carboxylic acids is 2. The highest BCUT2D eigenvalue weighted by atomic mass is 16.5. The summed E-state index contributed by atoms with van der Waals surface area (Å²) in [7, 11) is 0. The fourth-order valence-electron chi connectivity index (χ4n) is 3.54. The molecule has 31 heavy (non-hydrogen) atoms. The Kier molecular flexibility index (Phi) is 7.28. The maximum absolute atomic E-state index is 13.0. The van der Waals surface area contributed by atoms with Gasteiger partial charge < -0.3 is 19.9 Å². The molecule has 166 valence electrons. The highest BCUT2D eigenvalue weighted by Crippen LogP contribution is 2.26. The summed E-state index contributed by atoms with van der Waals surface area (Å²) in [4.78, 5) is 38.5. The number of nitrogens with zero attached hydrogens (tertiary/aromatic N) is 1. The van der Waals surface area contributed by atoms with Gasteiger partial charge in [0.2, 0.25) is 5.43 Å². The number of amides is 2. The third-order valence-electron chi connectivity index (χ3n) is 5.34. The van der Waals surface area contributed by atoms with Gasteiger partial charge in [-0.15, -0.1) is 0 Å². The van der Waals surface area contributed by atoms with E-state index in [9.17, 15) is 14.4 Å². The molecule has 1 aliphatic rings. The lowest BCUT2D eigenvalue weighted by Crippen LogP contribution is -2.38. The summed E-state index contributed by atoms with van der Waals surface area (Å²) in [5, 5.41) is 5.59. The second-order valence-electron chi connectivity index (χ2n) is 8.58. The summed E-state index contributed by atoms with van der Waals surface area (Å²) in [6, 6.07) is 7.98. The molecule has 7 nitrogen and oxygen atoms in total. The van der Waals surface area contributed by atoms with Gasteiger partial charge in [-0.05, 0) is 37.3 Å². The molecule has 0 unspecified atom stereocenters. The van der Waals surface area contributed by atoms with Crippen LogP contribution < -0.4 is 16.1 Å². The Morgan fingerprint density at radius 3 is 2.35 bits per heavy atom. The molecule has 0 saturated heterocycles. The van der Waals surface area contributed by atoms with E-state index in [-0.39, 0.29) is 35.7 Å². The van der Waals surface area contributed by atoms with Crippen LogP contribution in [0.3, 0.4) is 0 Å². The number of pyridine rings is 1. The molecule has 1 atom stereocenters. The molecule has 2 amide bonds. The van der Waals surface area contributed by atoms with Crippen LogP contribution in [0.2, 0.25) is 0 Å². The van der Waals surface area contributed by atoms with E-state index in [1.807, 2.05) is 45.9 Å². The van der Waals surface area contributed by atoms with Crippen molar-refractivity contribution < 1.29 is 14.3 Å². The van der Waals surface area contributed by atoms with E-state index in [1.54, 1.807) is 4.57 Å². The van der Waals surface area contributed by atoms with Crippen LogP contribution >= 0.6 is 0 Å². The van der Waals surface area contributed by atoms with E-state index in [1.165, 1.54) is 18.0 Å². The van der Waals surface area contributed by atoms with Crippen LogP contribution in [0, 0.1) is 5.92 Å². The first-order valence-corrected chi connectivity index (χ1v) is 10.8. The van der Waals surface area contributed by atoms with Crippen LogP contribution in [0.4, 0.5) is 0 Å². The minimum Gasteiger partial charge on any atom is -0.371 e. The first kappa shape index (κ1) is 22.7. The topological polar surface area (TPSA) is 89.4 Å². The van der Waals surface area contributed by atoms with Crippen molar-refractivity contribution >= 4 is 11.8 Å². The first-order chi connectivity index (χ1) is 14.8. The van der Waals surface area contributed by atoms with Crippen LogP contribution in [0.25, 0.3) is 0 Å². The Morgan fingerprint density at radius 2 is 1.71 bits per heavy atom. The van der Waals surface area contributed by atoms with Gasteiger partial charge in [0.25, 0.3) is 11.8 Å². The van der Waals surface area contributed by atoms with Crippen LogP contribution in [0.5, 0.6) is 0 Å². The molecular formula is C24H31N3O4. The molecule has 1 aliphatic heterocycles. The largest absolute Gasteiger partial charge is 0.371 e. The molecule has 0 aliphatic carbocycles. The normalized spacial score (nSPS) is 15.6. The molecule has 3 rings (SSSR count). The average Bonchev–Trinajstić information content (AvgIpc) is 2.75. The third kappa shape index (κ3) is 5.41. The van der Waals surface area contributed by atoms with E-state index in [0.717, 1.165) is 12.0 Å². The van der Waals surface area contributed by atoms with E-state index in [4.69, 9.17) is 4.74 Å². The van der Waals surface area contributed by atoms with Crippen molar-refractivity contribution in [3.05, 3.63) is 69.1 Å². The Bertz CT molecular complexity index is 1010. The van der Waals surface area contributed by atoms with Crippen molar-refractivity contribution in [2.45, 2.75) is 46.3 Å². The van der Waals surface area contributed by atoms with E-state index >= 15 is 0 Å². The Hall–Kier alpha value is -2.93. The number of nitrogens with one attached hydrogen (secondary N) is 2. The van der Waals surface area contributed by atoms with Gasteiger partial charge in [-0.2, -0.15) is 0 Å². The number of rotatable bonds is 7. The summed E-state index contributed by atoms with van der Waals surface area (Å²) in [5.41, 5.74) is 1.62. The van der Waals surface area contributed by atoms with Gasteiger partial charge in [0.1, 0.15) is 17.2 Å². The smallest absolute Gasteiger partial charge is 0.256 e. The van der Waals surface area contributed by atoms with Gasteiger partial charge in [0.15, 0.2) is 0 Å². The minimum atomic E-state index is -0.569. The third-order valence-corrected chi connectivity index (χ3v) is 5.34. The zero-order valence-electron chi connectivity index (χ0n) is 18.6. The van der Waals surface area contributed by atoms with Crippen LogP contribution in [-0.2, 0) is 11.2 Å². The number of ether oxygens (including phenoxy) is 1. The van der Waals surface area contributed by atoms with Gasteiger partial charge in [0, 0.05) is 31.5 Å². The van der Waals surface area contributed by atoms with Crippen LogP contribution in [0.15, 0.2) is 41.5 Å². The van der Waals surface area contributed by atoms with Crippen molar-refractivity contribution in [3.63, 3.8) is 0 Å². The van der Waals surface area contributed by atoms with Crippen molar-refractivity contribution in [1.29, 1.82) is 0 Å². The Balaban J connectivity index is 1.82. The lowest BCUT2D eigenvalue weighted by atomic mass is 9.97. The maximum Gasteiger partial charge on any atom is 0.256 e. The number of aromatic nitrogens is 1. The molecule has 1 aromatic carbocycles. The van der Waals surface area contributed by atoms with Crippen molar-refractivity contribution in [2.24, 2.45) is 5.92 Å². The molecule has 0 saturated carbocycles. The van der Waals surface area contributed by atoms with Gasteiger partial charge in [-0.1, -0.05) is 38.1 Å². The van der Waals surface area contributed by atoms with Gasteiger partial charge >= 0.3 is 0 Å². The number of carbonyl (C=O) groups is 2. The number of hydrogen-bond donors (Lipinski definition) is 2. The highest BCUT2D eigenvalue weighted by Gasteiger charge is 2.24. The molecule has 2 heterocycles. The molecular weight excluding hydrogens is 394 g/mol.